The average molecular weight is 234 g/mol. The first-order valence-corrected chi connectivity index (χ1v) is 6.46. The quantitative estimate of drug-likeness (QED) is 0.774. The molecular formula is C15H22O2. The molecule has 0 radical (unpaired) electrons. The van der Waals surface area contributed by atoms with Gasteiger partial charge in [0.15, 0.2) is 0 Å². The largest absolute Gasteiger partial charge is 0.493 e. The third-order valence-corrected chi connectivity index (χ3v) is 3.64. The van der Waals surface area contributed by atoms with Crippen molar-refractivity contribution in [3.8, 4) is 5.75 Å². The van der Waals surface area contributed by atoms with Crippen LogP contribution in [-0.4, -0.2) is 19.8 Å². The molecule has 94 valence electrons. The molecule has 0 bridgehead atoms. The molecule has 17 heavy (non-hydrogen) atoms. The van der Waals surface area contributed by atoms with Crippen molar-refractivity contribution >= 4 is 0 Å². The molecule has 0 unspecified atom stereocenters. The van der Waals surface area contributed by atoms with E-state index in [-0.39, 0.29) is 5.41 Å². The Hall–Kier alpha value is -1.02. The van der Waals surface area contributed by atoms with E-state index in [0.717, 1.165) is 32.0 Å². The fraction of sp³-hybridized carbons (Fsp3) is 0.600. The van der Waals surface area contributed by atoms with Gasteiger partial charge in [-0.2, -0.15) is 0 Å². The summed E-state index contributed by atoms with van der Waals surface area (Å²) in [5.74, 6) is 1.53. The third kappa shape index (κ3) is 2.63. The SMILES string of the molecule is CCC1(COc2ccccc2C(C)C)COC1. The Labute approximate surface area is 104 Å². The predicted octanol–water partition coefficient (Wildman–Crippen LogP) is 3.62. The van der Waals surface area contributed by atoms with Gasteiger partial charge in [-0.3, -0.25) is 0 Å². The molecule has 0 aliphatic carbocycles. The van der Waals surface area contributed by atoms with E-state index in [1.807, 2.05) is 6.07 Å². The van der Waals surface area contributed by atoms with Gasteiger partial charge in [-0.05, 0) is 24.0 Å². The molecule has 0 aromatic heterocycles. The van der Waals surface area contributed by atoms with Crippen molar-refractivity contribution in [3.05, 3.63) is 29.8 Å². The number of para-hydroxylation sites is 1. The molecule has 1 aliphatic rings. The van der Waals surface area contributed by atoms with Crippen molar-refractivity contribution in [2.24, 2.45) is 5.41 Å². The smallest absolute Gasteiger partial charge is 0.122 e. The van der Waals surface area contributed by atoms with Crippen LogP contribution in [0.1, 0.15) is 38.7 Å². The van der Waals surface area contributed by atoms with E-state index in [1.165, 1.54) is 5.56 Å². The Bertz CT molecular complexity index is 361. The minimum atomic E-state index is 0.254. The fourth-order valence-corrected chi connectivity index (χ4v) is 2.10. The molecule has 1 heterocycles. The highest BCUT2D eigenvalue weighted by molar-refractivity contribution is 5.35. The highest BCUT2D eigenvalue weighted by Crippen LogP contribution is 2.33. The molecule has 0 N–H and O–H groups in total. The van der Waals surface area contributed by atoms with Crippen LogP contribution < -0.4 is 4.74 Å². The summed E-state index contributed by atoms with van der Waals surface area (Å²) in [6.07, 6.45) is 1.12. The lowest BCUT2D eigenvalue weighted by atomic mass is 9.84. The lowest BCUT2D eigenvalue weighted by Crippen LogP contribution is -2.46. The van der Waals surface area contributed by atoms with E-state index in [2.05, 4.69) is 39.0 Å². The third-order valence-electron chi connectivity index (χ3n) is 3.64. The topological polar surface area (TPSA) is 18.5 Å². The van der Waals surface area contributed by atoms with Crippen LogP contribution in [-0.2, 0) is 4.74 Å². The zero-order valence-electron chi connectivity index (χ0n) is 11.0. The predicted molar refractivity (Wildman–Crippen MR) is 69.6 cm³/mol. The average Bonchev–Trinajstić information content (AvgIpc) is 2.28. The van der Waals surface area contributed by atoms with E-state index in [4.69, 9.17) is 9.47 Å². The normalized spacial score (nSPS) is 17.9. The van der Waals surface area contributed by atoms with E-state index in [0.29, 0.717) is 5.92 Å². The van der Waals surface area contributed by atoms with Crippen LogP contribution in [0.15, 0.2) is 24.3 Å². The van der Waals surface area contributed by atoms with Gasteiger partial charge in [-0.25, -0.2) is 0 Å². The summed E-state index contributed by atoms with van der Waals surface area (Å²) in [6, 6.07) is 8.33. The summed E-state index contributed by atoms with van der Waals surface area (Å²) in [6.45, 7) is 9.06. The molecule has 2 heteroatoms. The summed E-state index contributed by atoms with van der Waals surface area (Å²) >= 11 is 0. The van der Waals surface area contributed by atoms with Gasteiger partial charge in [0.1, 0.15) is 5.75 Å². The number of hydrogen-bond donors (Lipinski definition) is 0. The van der Waals surface area contributed by atoms with Gasteiger partial charge in [0.25, 0.3) is 0 Å². The van der Waals surface area contributed by atoms with Gasteiger partial charge in [-0.1, -0.05) is 39.0 Å². The van der Waals surface area contributed by atoms with Gasteiger partial charge in [0, 0.05) is 0 Å². The minimum absolute atomic E-state index is 0.254. The Balaban J connectivity index is 2.03. The van der Waals surface area contributed by atoms with Gasteiger partial charge in [0.05, 0.1) is 25.2 Å². The molecule has 2 rings (SSSR count). The lowest BCUT2D eigenvalue weighted by molar-refractivity contribution is -0.133. The highest BCUT2D eigenvalue weighted by Gasteiger charge is 2.37. The first kappa shape index (κ1) is 12.4. The van der Waals surface area contributed by atoms with Crippen molar-refractivity contribution in [1.29, 1.82) is 0 Å². The Morgan fingerprint density at radius 3 is 2.53 bits per heavy atom. The van der Waals surface area contributed by atoms with Crippen molar-refractivity contribution < 1.29 is 9.47 Å². The first-order chi connectivity index (χ1) is 8.17. The van der Waals surface area contributed by atoms with Crippen molar-refractivity contribution in [2.75, 3.05) is 19.8 Å². The fourth-order valence-electron chi connectivity index (χ4n) is 2.10. The summed E-state index contributed by atoms with van der Waals surface area (Å²) < 4.78 is 11.3. The van der Waals surface area contributed by atoms with Crippen LogP contribution in [0.3, 0.4) is 0 Å². The molecule has 0 spiro atoms. The number of benzene rings is 1. The summed E-state index contributed by atoms with van der Waals surface area (Å²) in [5, 5.41) is 0. The van der Waals surface area contributed by atoms with E-state index in [9.17, 15) is 0 Å². The number of hydrogen-bond acceptors (Lipinski definition) is 2. The van der Waals surface area contributed by atoms with Crippen LogP contribution >= 0.6 is 0 Å². The molecule has 1 aromatic carbocycles. The molecule has 2 nitrogen and oxygen atoms in total. The second-order valence-electron chi connectivity index (χ2n) is 5.33. The van der Waals surface area contributed by atoms with Crippen molar-refractivity contribution in [1.82, 2.24) is 0 Å². The second-order valence-corrected chi connectivity index (χ2v) is 5.33. The van der Waals surface area contributed by atoms with Crippen molar-refractivity contribution in [2.45, 2.75) is 33.1 Å². The Kier molecular flexibility index (Phi) is 3.72. The molecular weight excluding hydrogens is 212 g/mol. The highest BCUT2D eigenvalue weighted by atomic mass is 16.5. The molecule has 1 saturated heterocycles. The van der Waals surface area contributed by atoms with Gasteiger partial charge in [0.2, 0.25) is 0 Å². The summed E-state index contributed by atoms with van der Waals surface area (Å²) in [5.41, 5.74) is 1.54. The van der Waals surface area contributed by atoms with E-state index < -0.39 is 0 Å². The van der Waals surface area contributed by atoms with Crippen LogP contribution in [0.2, 0.25) is 0 Å². The van der Waals surface area contributed by atoms with Crippen LogP contribution in [0.25, 0.3) is 0 Å². The molecule has 0 saturated carbocycles. The Morgan fingerprint density at radius 1 is 1.29 bits per heavy atom. The van der Waals surface area contributed by atoms with E-state index >= 15 is 0 Å². The standard InChI is InChI=1S/C15H22O2/c1-4-15(9-16-10-15)11-17-14-8-6-5-7-13(14)12(2)3/h5-8,12H,4,9-11H2,1-3H3. The zero-order chi connectivity index (χ0) is 12.3. The first-order valence-electron chi connectivity index (χ1n) is 6.46. The second kappa shape index (κ2) is 5.09. The molecule has 0 amide bonds. The molecule has 0 atom stereocenters. The maximum atomic E-state index is 6.02. The van der Waals surface area contributed by atoms with Gasteiger partial charge in [-0.15, -0.1) is 0 Å². The summed E-state index contributed by atoms with van der Waals surface area (Å²) in [7, 11) is 0. The summed E-state index contributed by atoms with van der Waals surface area (Å²) in [4.78, 5) is 0. The lowest BCUT2D eigenvalue weighted by Gasteiger charge is -2.40. The number of rotatable bonds is 5. The number of ether oxygens (including phenoxy) is 2. The van der Waals surface area contributed by atoms with Gasteiger partial charge >= 0.3 is 0 Å². The maximum Gasteiger partial charge on any atom is 0.122 e. The van der Waals surface area contributed by atoms with Crippen molar-refractivity contribution in [3.63, 3.8) is 0 Å². The molecule has 1 aliphatic heterocycles. The van der Waals surface area contributed by atoms with Crippen LogP contribution in [0.5, 0.6) is 5.75 Å². The van der Waals surface area contributed by atoms with Crippen LogP contribution in [0, 0.1) is 5.41 Å². The van der Waals surface area contributed by atoms with Crippen LogP contribution in [0.4, 0.5) is 0 Å². The molecule has 1 aromatic rings. The van der Waals surface area contributed by atoms with Gasteiger partial charge < -0.3 is 9.47 Å². The Morgan fingerprint density at radius 2 is 2.00 bits per heavy atom. The molecule has 1 fully saturated rings. The zero-order valence-corrected chi connectivity index (χ0v) is 11.0. The minimum Gasteiger partial charge on any atom is -0.493 e. The van der Waals surface area contributed by atoms with E-state index in [1.54, 1.807) is 0 Å². The monoisotopic (exact) mass is 234 g/mol. The maximum absolute atomic E-state index is 6.02.